The van der Waals surface area contributed by atoms with Gasteiger partial charge >= 0.3 is 23.4 Å². The summed E-state index contributed by atoms with van der Waals surface area (Å²) in [7, 11) is 0. The molecular weight excluding hydrogens is 524 g/mol. The normalized spacial score (nSPS) is 10.8. The van der Waals surface area contributed by atoms with Gasteiger partial charge in [-0.1, -0.05) is 18.2 Å². The third kappa shape index (κ3) is 5.40. The van der Waals surface area contributed by atoms with Crippen LogP contribution >= 0.6 is 12.2 Å². The Labute approximate surface area is 225 Å². The van der Waals surface area contributed by atoms with E-state index in [2.05, 4.69) is 30.6 Å². The van der Waals surface area contributed by atoms with Gasteiger partial charge in [0.2, 0.25) is 11.8 Å². The zero-order chi connectivity index (χ0) is 27.7. The van der Waals surface area contributed by atoms with Gasteiger partial charge in [-0.25, -0.2) is 9.78 Å². The zero-order valence-corrected chi connectivity index (χ0v) is 21.6. The number of nitrogens with one attached hydrogen (secondary N) is 2. The molecule has 2 aromatic carbocycles. The zero-order valence-electron chi connectivity index (χ0n) is 20.8. The van der Waals surface area contributed by atoms with Crippen molar-refractivity contribution in [1.29, 1.82) is 0 Å². The number of rotatable bonds is 6. The van der Waals surface area contributed by atoms with Gasteiger partial charge < -0.3 is 29.9 Å². The van der Waals surface area contributed by atoms with Crippen LogP contribution in [0.25, 0.3) is 16.9 Å². The molecule has 2 N–H and O–H groups in total. The summed E-state index contributed by atoms with van der Waals surface area (Å²) < 4.78 is 12.3. The van der Waals surface area contributed by atoms with E-state index in [1.807, 2.05) is 31.2 Å². The summed E-state index contributed by atoms with van der Waals surface area (Å²) >= 11 is 5.43. The molecule has 0 fully saturated rings. The Kier molecular flexibility index (Phi) is 6.68. The molecule has 0 spiro atoms. The van der Waals surface area contributed by atoms with E-state index < -0.39 is 10.5 Å². The highest BCUT2D eigenvalue weighted by Crippen LogP contribution is 2.27. The minimum atomic E-state index is -0.602. The van der Waals surface area contributed by atoms with E-state index >= 15 is 0 Å². The molecule has 13 nitrogen and oxygen atoms in total. The van der Waals surface area contributed by atoms with Gasteiger partial charge in [0.25, 0.3) is 0 Å². The minimum Gasteiger partial charge on any atom is -0.424 e. The molecule has 0 aliphatic carbocycles. The summed E-state index contributed by atoms with van der Waals surface area (Å²) in [5.74, 6) is 0.0297. The van der Waals surface area contributed by atoms with Crippen LogP contribution in [-0.2, 0) is 0 Å². The summed E-state index contributed by atoms with van der Waals surface area (Å²) in [6, 6.07) is 13.6. The molecule has 39 heavy (non-hydrogen) atoms. The van der Waals surface area contributed by atoms with Crippen LogP contribution in [0.5, 0.6) is 11.8 Å². The van der Waals surface area contributed by atoms with E-state index in [4.69, 9.17) is 21.4 Å². The lowest BCUT2D eigenvalue weighted by Gasteiger charge is -2.12. The molecule has 196 valence electrons. The maximum atomic E-state index is 11.8. The van der Waals surface area contributed by atoms with Gasteiger partial charge in [-0.2, -0.15) is 9.97 Å². The Hall–Kier alpha value is -5.24. The maximum Gasteiger partial charge on any atom is 0.350 e. The number of hydrogen-bond acceptors (Lipinski definition) is 10. The minimum absolute atomic E-state index is 0.0355. The lowest BCUT2D eigenvalue weighted by molar-refractivity contribution is -0.391. The molecule has 0 saturated heterocycles. The molecule has 14 heteroatoms. The number of benzene rings is 2. The number of hydrogen-bond donors (Lipinski definition) is 2. The Balaban J connectivity index is 1.54. The van der Waals surface area contributed by atoms with Crippen LogP contribution in [0, 0.1) is 30.9 Å². The average molecular weight is 545 g/mol. The van der Waals surface area contributed by atoms with Crippen LogP contribution in [-0.4, -0.2) is 34.5 Å². The van der Waals surface area contributed by atoms with E-state index in [1.165, 1.54) is 12.1 Å². The van der Waals surface area contributed by atoms with Crippen molar-refractivity contribution in [1.82, 2.24) is 24.5 Å². The topological polar surface area (TPSA) is 163 Å². The van der Waals surface area contributed by atoms with Gasteiger partial charge in [-0.3, -0.25) is 0 Å². The van der Waals surface area contributed by atoms with Crippen molar-refractivity contribution in [3.63, 3.8) is 0 Å². The van der Waals surface area contributed by atoms with Gasteiger partial charge in [0.1, 0.15) is 17.5 Å². The Morgan fingerprint density at radius 1 is 1.05 bits per heavy atom. The molecule has 5 rings (SSSR count). The fourth-order valence-electron chi connectivity index (χ4n) is 3.80. The Bertz CT molecular complexity index is 1820. The molecule has 0 bridgehead atoms. The molecule has 0 unspecified atom stereocenters. The van der Waals surface area contributed by atoms with E-state index in [0.717, 1.165) is 33.0 Å². The number of ether oxygens (including phenoxy) is 1. The molecule has 0 radical (unpaired) electrons. The quantitative estimate of drug-likeness (QED) is 0.132. The number of para-hydroxylation sites is 1. The van der Waals surface area contributed by atoms with Crippen LogP contribution in [0.3, 0.4) is 0 Å². The summed E-state index contributed by atoms with van der Waals surface area (Å²) in [5.41, 5.74) is 2.30. The van der Waals surface area contributed by atoms with Gasteiger partial charge in [-0.05, 0) is 60.3 Å². The highest BCUT2D eigenvalue weighted by Gasteiger charge is 2.24. The monoisotopic (exact) mass is 544 g/mol. The fourth-order valence-corrected chi connectivity index (χ4v) is 4.00. The maximum absolute atomic E-state index is 11.8. The first kappa shape index (κ1) is 25.4. The number of thiocarbonyl (C=S) groups is 1. The summed E-state index contributed by atoms with van der Waals surface area (Å²) in [6.07, 6.45) is 1.10. The molecule has 3 heterocycles. The highest BCUT2D eigenvalue weighted by molar-refractivity contribution is 7.80. The van der Waals surface area contributed by atoms with Crippen LogP contribution in [0.2, 0.25) is 0 Å². The molecule has 5 aromatic rings. The van der Waals surface area contributed by atoms with Crippen LogP contribution in [0.15, 0.2) is 63.9 Å². The number of nitro groups is 1. The van der Waals surface area contributed by atoms with Gasteiger partial charge in [-0.15, -0.1) is 9.55 Å². The first-order chi connectivity index (χ1) is 18.7. The van der Waals surface area contributed by atoms with Crippen LogP contribution in [0.1, 0.15) is 17.0 Å². The van der Waals surface area contributed by atoms with Crippen molar-refractivity contribution in [3.8, 4) is 17.7 Å². The third-order valence-electron chi connectivity index (χ3n) is 5.66. The first-order valence-electron chi connectivity index (χ1n) is 11.5. The smallest absolute Gasteiger partial charge is 0.350 e. The predicted octanol–water partition coefficient (Wildman–Crippen LogP) is 4.60. The standard InChI is InChI=1S/C25H20N8O5S/c1-13-6-4-5-7-18(13)27-25(39)30-22-28-23(32-15(3)26-12-20(32)33(35)36)31-24(29-22)37-16-8-9-17-14(2)10-21(34)38-19(17)11-16/h4-12H,1-3H3,(H2,27,28,29,30,31,39). The number of nitrogens with zero attached hydrogens (tertiary/aromatic N) is 6. The molecule has 0 atom stereocenters. The number of anilines is 2. The molecule has 0 aliphatic heterocycles. The Morgan fingerprint density at radius 3 is 2.62 bits per heavy atom. The number of aromatic nitrogens is 5. The van der Waals surface area contributed by atoms with Crippen molar-refractivity contribution in [2.24, 2.45) is 0 Å². The summed E-state index contributed by atoms with van der Waals surface area (Å²) in [5, 5.41) is 18.5. The number of aryl methyl sites for hydroxylation is 3. The molecule has 0 aliphatic rings. The molecule has 0 saturated carbocycles. The second kappa shape index (κ2) is 10.3. The van der Waals surface area contributed by atoms with Crippen LogP contribution in [0.4, 0.5) is 17.5 Å². The average Bonchev–Trinajstić information content (AvgIpc) is 3.26. The van der Waals surface area contributed by atoms with Gasteiger partial charge in [0.15, 0.2) is 5.11 Å². The predicted molar refractivity (Wildman–Crippen MR) is 147 cm³/mol. The number of fused-ring (bicyclic) bond motifs is 1. The van der Waals surface area contributed by atoms with Crippen LogP contribution < -0.4 is 21.0 Å². The van der Waals surface area contributed by atoms with Gasteiger partial charge in [0.05, 0.1) is 0 Å². The van der Waals surface area contributed by atoms with E-state index in [0.29, 0.717) is 5.58 Å². The molecular formula is C25H20N8O5S. The highest BCUT2D eigenvalue weighted by atomic mass is 32.1. The first-order valence-corrected chi connectivity index (χ1v) is 11.9. The van der Waals surface area contributed by atoms with Crippen molar-refractivity contribution in [2.45, 2.75) is 20.8 Å². The fraction of sp³-hybridized carbons (Fsp3) is 0.120. The summed E-state index contributed by atoms with van der Waals surface area (Å²) in [6.45, 7) is 5.29. The third-order valence-corrected chi connectivity index (χ3v) is 5.86. The lowest BCUT2D eigenvalue weighted by atomic mass is 10.1. The Morgan fingerprint density at radius 2 is 1.85 bits per heavy atom. The largest absolute Gasteiger partial charge is 0.424 e. The lowest BCUT2D eigenvalue weighted by Crippen LogP contribution is -2.22. The molecule has 0 amide bonds. The van der Waals surface area contributed by atoms with E-state index in [1.54, 1.807) is 26.0 Å². The van der Waals surface area contributed by atoms with Crippen molar-refractivity contribution in [3.05, 3.63) is 92.2 Å². The summed E-state index contributed by atoms with van der Waals surface area (Å²) in [4.78, 5) is 39.7. The SMILES string of the molecule is Cc1ccccc1NC(=S)Nc1nc(Oc2ccc3c(C)cc(=O)oc3c2)nc(-n2c([N+](=O)[O-])cnc2C)n1. The molecule has 3 aromatic heterocycles. The van der Waals surface area contributed by atoms with Crippen molar-refractivity contribution >= 4 is 45.8 Å². The number of imidazole rings is 1. The van der Waals surface area contributed by atoms with Crippen molar-refractivity contribution < 1.29 is 14.1 Å². The van der Waals surface area contributed by atoms with Gasteiger partial charge in [0, 0.05) is 30.1 Å². The van der Waals surface area contributed by atoms with E-state index in [-0.39, 0.29) is 40.4 Å². The van der Waals surface area contributed by atoms with Crippen molar-refractivity contribution in [2.75, 3.05) is 10.6 Å². The second-order valence-corrected chi connectivity index (χ2v) is 8.81. The van der Waals surface area contributed by atoms with E-state index in [9.17, 15) is 14.9 Å². The second-order valence-electron chi connectivity index (χ2n) is 8.40.